The first-order valence-electron chi connectivity index (χ1n) is 9.48. The van der Waals surface area contributed by atoms with Gasteiger partial charge < -0.3 is 19.8 Å². The first-order chi connectivity index (χ1) is 13.4. The number of amides is 1. The average molecular weight is 401 g/mol. The van der Waals surface area contributed by atoms with Crippen LogP contribution in [0.15, 0.2) is 30.3 Å². The van der Waals surface area contributed by atoms with E-state index in [1.54, 1.807) is 30.3 Å². The number of piperidine rings is 1. The molecule has 1 saturated heterocycles. The van der Waals surface area contributed by atoms with Crippen LogP contribution in [0.1, 0.15) is 51.4 Å². The molecule has 2 aliphatic rings. The highest BCUT2D eigenvalue weighted by atomic mass is 32.1. The number of carbonyl (C=O) groups is 2. The minimum atomic E-state index is -0.898. The summed E-state index contributed by atoms with van der Waals surface area (Å²) in [6.07, 6.45) is 2.09. The van der Waals surface area contributed by atoms with E-state index in [-0.39, 0.29) is 17.6 Å². The van der Waals surface area contributed by atoms with Crippen molar-refractivity contribution in [3.05, 3.63) is 51.2 Å². The lowest BCUT2D eigenvalue weighted by molar-refractivity contribution is -0.141. The molecule has 2 aliphatic heterocycles. The van der Waals surface area contributed by atoms with Crippen LogP contribution in [0.25, 0.3) is 0 Å². The summed E-state index contributed by atoms with van der Waals surface area (Å²) in [5.41, 5.74) is 1.40. The number of aromatic carboxylic acids is 1. The van der Waals surface area contributed by atoms with Gasteiger partial charge in [0.2, 0.25) is 5.91 Å². The number of hydrogen-bond donors (Lipinski definition) is 2. The van der Waals surface area contributed by atoms with E-state index in [1.807, 2.05) is 11.8 Å². The molecule has 28 heavy (non-hydrogen) atoms. The Labute approximate surface area is 167 Å². The predicted octanol–water partition coefficient (Wildman–Crippen LogP) is 3.35. The highest BCUT2D eigenvalue weighted by molar-refractivity contribution is 7.14. The van der Waals surface area contributed by atoms with Gasteiger partial charge in [-0.3, -0.25) is 4.79 Å². The van der Waals surface area contributed by atoms with E-state index < -0.39 is 11.6 Å². The summed E-state index contributed by atoms with van der Waals surface area (Å²) in [5.74, 6) is -0.930. The van der Waals surface area contributed by atoms with Gasteiger partial charge in [-0.05, 0) is 49.1 Å². The second kappa shape index (κ2) is 7.22. The molecule has 1 unspecified atom stereocenters. The average Bonchev–Trinajstić information content (AvgIpc) is 3.15. The number of rotatable bonds is 3. The Bertz CT molecular complexity index is 896. The molecule has 1 atom stereocenters. The van der Waals surface area contributed by atoms with Crippen LogP contribution in [0.2, 0.25) is 0 Å². The van der Waals surface area contributed by atoms with E-state index in [4.69, 9.17) is 4.74 Å². The van der Waals surface area contributed by atoms with E-state index >= 15 is 0 Å². The second-order valence-electron chi connectivity index (χ2n) is 7.48. The second-order valence-corrected chi connectivity index (χ2v) is 8.62. The van der Waals surface area contributed by atoms with Gasteiger partial charge in [0.15, 0.2) is 0 Å². The molecule has 0 saturated carbocycles. The van der Waals surface area contributed by atoms with Crippen molar-refractivity contribution in [2.45, 2.75) is 37.7 Å². The number of nitrogens with zero attached hydrogens (tertiary/aromatic N) is 1. The highest BCUT2D eigenvalue weighted by Crippen LogP contribution is 2.45. The van der Waals surface area contributed by atoms with Crippen molar-refractivity contribution in [3.63, 3.8) is 0 Å². The largest absolute Gasteiger partial charge is 0.508 e. The molecular formula is C21H23NO5S. The Morgan fingerprint density at radius 1 is 1.21 bits per heavy atom. The van der Waals surface area contributed by atoms with Crippen LogP contribution in [-0.2, 0) is 21.6 Å². The van der Waals surface area contributed by atoms with Crippen LogP contribution < -0.4 is 0 Å². The minimum absolute atomic E-state index is 0.0631. The number of carboxylic acid groups (broad SMARTS) is 1. The predicted molar refractivity (Wildman–Crippen MR) is 105 cm³/mol. The lowest BCUT2D eigenvalue weighted by atomic mass is 9.82. The zero-order valence-electron chi connectivity index (χ0n) is 15.7. The molecule has 1 aromatic heterocycles. The SMILES string of the molecule is CC(C(=O)N1CCC2(CC1)OCCc1sc(C(=O)O)cc12)c1ccc(O)cc1. The number of hydrogen-bond acceptors (Lipinski definition) is 5. The first-order valence-corrected chi connectivity index (χ1v) is 10.3. The van der Waals surface area contributed by atoms with E-state index in [0.29, 0.717) is 37.4 Å². The van der Waals surface area contributed by atoms with Gasteiger partial charge in [-0.25, -0.2) is 4.79 Å². The van der Waals surface area contributed by atoms with Gasteiger partial charge in [-0.15, -0.1) is 11.3 Å². The molecule has 1 fully saturated rings. The number of carbonyl (C=O) groups excluding carboxylic acids is 1. The third-order valence-electron chi connectivity index (χ3n) is 5.86. The van der Waals surface area contributed by atoms with E-state index in [2.05, 4.69) is 0 Å². The third kappa shape index (κ3) is 3.29. The maximum atomic E-state index is 12.9. The van der Waals surface area contributed by atoms with Crippen LogP contribution in [0.3, 0.4) is 0 Å². The summed E-state index contributed by atoms with van der Waals surface area (Å²) in [7, 11) is 0. The van der Waals surface area contributed by atoms with Crippen molar-refractivity contribution in [2.24, 2.45) is 0 Å². The monoisotopic (exact) mass is 401 g/mol. The van der Waals surface area contributed by atoms with Gasteiger partial charge >= 0.3 is 5.97 Å². The standard InChI is InChI=1S/C21H23NO5S/c1-13(14-2-4-15(23)5-3-14)19(24)22-9-7-21(8-10-22)16-12-18(20(25)26)28-17(16)6-11-27-21/h2-5,12-13,23H,6-11H2,1H3,(H,25,26). The van der Waals surface area contributed by atoms with Crippen molar-refractivity contribution >= 4 is 23.2 Å². The van der Waals surface area contributed by atoms with Crippen molar-refractivity contribution < 1.29 is 24.5 Å². The number of aromatic hydroxyl groups is 1. The smallest absolute Gasteiger partial charge is 0.345 e. The van der Waals surface area contributed by atoms with Crippen LogP contribution in [-0.4, -0.2) is 46.7 Å². The molecule has 4 rings (SSSR count). The molecule has 148 valence electrons. The van der Waals surface area contributed by atoms with Gasteiger partial charge in [-0.1, -0.05) is 12.1 Å². The van der Waals surface area contributed by atoms with Gasteiger partial charge in [0.1, 0.15) is 10.6 Å². The Balaban J connectivity index is 1.48. The molecule has 0 bridgehead atoms. The molecule has 2 N–H and O–H groups in total. The number of likely N-dealkylation sites (tertiary alicyclic amines) is 1. The van der Waals surface area contributed by atoms with Gasteiger partial charge in [0.25, 0.3) is 0 Å². The van der Waals surface area contributed by atoms with Crippen LogP contribution in [0.5, 0.6) is 5.75 Å². The number of benzene rings is 1. The summed E-state index contributed by atoms with van der Waals surface area (Å²) < 4.78 is 6.16. The van der Waals surface area contributed by atoms with E-state index in [0.717, 1.165) is 22.4 Å². The summed E-state index contributed by atoms with van der Waals surface area (Å²) in [4.78, 5) is 27.6. The quantitative estimate of drug-likeness (QED) is 0.824. The topological polar surface area (TPSA) is 87.1 Å². The Kier molecular flexibility index (Phi) is 4.89. The molecule has 1 aromatic carbocycles. The number of phenols is 1. The van der Waals surface area contributed by atoms with Crippen LogP contribution >= 0.6 is 11.3 Å². The molecule has 6 nitrogen and oxygen atoms in total. The lowest BCUT2D eigenvalue weighted by Gasteiger charge is -2.44. The fraction of sp³-hybridized carbons (Fsp3) is 0.429. The molecule has 7 heteroatoms. The Hall–Kier alpha value is -2.38. The number of thiophene rings is 1. The van der Waals surface area contributed by atoms with Crippen molar-refractivity contribution in [1.29, 1.82) is 0 Å². The molecule has 1 spiro atoms. The zero-order chi connectivity index (χ0) is 19.9. The summed E-state index contributed by atoms with van der Waals surface area (Å²) >= 11 is 1.34. The lowest BCUT2D eigenvalue weighted by Crippen LogP contribution is -2.48. The van der Waals surface area contributed by atoms with Crippen molar-refractivity contribution in [1.82, 2.24) is 4.90 Å². The Morgan fingerprint density at radius 2 is 1.89 bits per heavy atom. The molecule has 0 aliphatic carbocycles. The zero-order valence-corrected chi connectivity index (χ0v) is 16.5. The number of ether oxygens (including phenoxy) is 1. The molecule has 0 radical (unpaired) electrons. The Morgan fingerprint density at radius 3 is 2.54 bits per heavy atom. The summed E-state index contributed by atoms with van der Waals surface area (Å²) in [5, 5.41) is 18.8. The van der Waals surface area contributed by atoms with Crippen molar-refractivity contribution in [3.8, 4) is 5.75 Å². The van der Waals surface area contributed by atoms with Gasteiger partial charge in [-0.2, -0.15) is 0 Å². The van der Waals surface area contributed by atoms with Crippen LogP contribution in [0.4, 0.5) is 0 Å². The maximum absolute atomic E-state index is 12.9. The molecular weight excluding hydrogens is 378 g/mol. The maximum Gasteiger partial charge on any atom is 0.345 e. The minimum Gasteiger partial charge on any atom is -0.508 e. The van der Waals surface area contributed by atoms with Crippen LogP contribution in [0, 0.1) is 0 Å². The molecule has 3 heterocycles. The first kappa shape index (κ1) is 19.0. The molecule has 2 aromatic rings. The van der Waals surface area contributed by atoms with Gasteiger partial charge in [0, 0.05) is 24.4 Å². The molecule has 1 amide bonds. The number of fused-ring (bicyclic) bond motifs is 2. The summed E-state index contributed by atoms with van der Waals surface area (Å²) in [6.45, 7) is 3.63. The number of phenolic OH excluding ortho intramolecular Hbond substituents is 1. The highest BCUT2D eigenvalue weighted by Gasteiger charge is 2.43. The van der Waals surface area contributed by atoms with Gasteiger partial charge in [0.05, 0.1) is 18.1 Å². The van der Waals surface area contributed by atoms with E-state index in [9.17, 15) is 19.8 Å². The summed E-state index contributed by atoms with van der Waals surface area (Å²) in [6, 6.07) is 8.51. The fourth-order valence-corrected chi connectivity index (χ4v) is 5.27. The van der Waals surface area contributed by atoms with Crippen molar-refractivity contribution in [2.75, 3.05) is 19.7 Å². The van der Waals surface area contributed by atoms with E-state index in [1.165, 1.54) is 11.3 Å². The number of carboxylic acids is 1. The third-order valence-corrected chi connectivity index (χ3v) is 7.05. The normalized spacial score (nSPS) is 19.2. The fourth-order valence-electron chi connectivity index (χ4n) is 4.20.